The third kappa shape index (κ3) is 3.68. The number of nitrogen functional groups attached to an aromatic ring is 1. The molecule has 1 aromatic heterocycles. The van der Waals surface area contributed by atoms with E-state index in [2.05, 4.69) is 14.6 Å². The summed E-state index contributed by atoms with van der Waals surface area (Å²) in [5.41, 5.74) is 5.60. The van der Waals surface area contributed by atoms with Gasteiger partial charge in [-0.1, -0.05) is 12.8 Å². The van der Waals surface area contributed by atoms with E-state index in [0.717, 1.165) is 0 Å². The van der Waals surface area contributed by atoms with Crippen molar-refractivity contribution >= 4 is 15.8 Å². The Morgan fingerprint density at radius 2 is 2.15 bits per heavy atom. The van der Waals surface area contributed by atoms with Crippen LogP contribution in [0, 0.1) is 0 Å². The molecule has 2 rings (SSSR count). The van der Waals surface area contributed by atoms with Crippen LogP contribution in [0.5, 0.6) is 0 Å². The van der Waals surface area contributed by atoms with Crippen LogP contribution in [0.25, 0.3) is 0 Å². The van der Waals surface area contributed by atoms with Crippen LogP contribution in [0.3, 0.4) is 0 Å². The van der Waals surface area contributed by atoms with Crippen LogP contribution in [-0.4, -0.2) is 44.5 Å². The van der Waals surface area contributed by atoms with Crippen molar-refractivity contribution in [2.75, 3.05) is 25.9 Å². The van der Waals surface area contributed by atoms with Crippen LogP contribution in [0.15, 0.2) is 23.2 Å². The van der Waals surface area contributed by atoms with Crippen molar-refractivity contribution in [2.24, 2.45) is 0 Å². The number of hydrogen-bond donors (Lipinski definition) is 2. The average molecular weight is 298 g/mol. The van der Waals surface area contributed by atoms with E-state index in [-0.39, 0.29) is 10.7 Å². The van der Waals surface area contributed by atoms with Gasteiger partial charge in [0.05, 0.1) is 0 Å². The van der Waals surface area contributed by atoms with Crippen LogP contribution in [0.2, 0.25) is 0 Å². The van der Waals surface area contributed by atoms with Gasteiger partial charge in [-0.3, -0.25) is 0 Å². The summed E-state index contributed by atoms with van der Waals surface area (Å²) in [6, 6.07) is 3.61. The summed E-state index contributed by atoms with van der Waals surface area (Å²) in [6.45, 7) is 1.08. The zero-order valence-corrected chi connectivity index (χ0v) is 12.6. The van der Waals surface area contributed by atoms with Gasteiger partial charge in [-0.05, 0) is 32.0 Å². The second-order valence-electron chi connectivity index (χ2n) is 5.20. The standard InChI is InChI=1S/C13H22N4O2S/c1-17(11-5-2-3-6-11)10-9-16-20(18,19)12-7-4-8-15-13(12)14/h4,7-8,11,16H,2-3,5-6,9-10H2,1H3,(H2,14,15). The molecule has 1 heterocycles. The molecule has 0 bridgehead atoms. The second kappa shape index (κ2) is 6.51. The van der Waals surface area contributed by atoms with Crippen molar-refractivity contribution in [3.63, 3.8) is 0 Å². The smallest absolute Gasteiger partial charge is 0.244 e. The molecule has 0 spiro atoms. The van der Waals surface area contributed by atoms with Crippen molar-refractivity contribution < 1.29 is 8.42 Å². The number of likely N-dealkylation sites (N-methyl/N-ethyl adjacent to an activating group) is 1. The summed E-state index contributed by atoms with van der Waals surface area (Å²) in [5, 5.41) is 0. The van der Waals surface area contributed by atoms with E-state index in [4.69, 9.17) is 5.73 Å². The molecule has 0 radical (unpaired) electrons. The summed E-state index contributed by atoms with van der Waals surface area (Å²) < 4.78 is 26.8. The zero-order valence-electron chi connectivity index (χ0n) is 11.7. The van der Waals surface area contributed by atoms with E-state index in [1.807, 2.05) is 7.05 Å². The van der Waals surface area contributed by atoms with E-state index in [1.54, 1.807) is 6.07 Å². The molecular weight excluding hydrogens is 276 g/mol. The zero-order chi connectivity index (χ0) is 14.6. The largest absolute Gasteiger partial charge is 0.383 e. The van der Waals surface area contributed by atoms with Gasteiger partial charge in [0.2, 0.25) is 10.0 Å². The molecule has 0 amide bonds. The van der Waals surface area contributed by atoms with Crippen molar-refractivity contribution in [3.05, 3.63) is 18.3 Å². The molecule has 112 valence electrons. The summed E-state index contributed by atoms with van der Waals surface area (Å²) in [7, 11) is -1.53. The number of aromatic nitrogens is 1. The Morgan fingerprint density at radius 3 is 2.80 bits per heavy atom. The Kier molecular flexibility index (Phi) is 4.95. The number of nitrogens with zero attached hydrogens (tertiary/aromatic N) is 2. The molecule has 1 aromatic rings. The minimum atomic E-state index is -3.57. The highest BCUT2D eigenvalue weighted by molar-refractivity contribution is 7.89. The fraction of sp³-hybridized carbons (Fsp3) is 0.615. The van der Waals surface area contributed by atoms with E-state index in [9.17, 15) is 8.42 Å². The molecule has 6 nitrogen and oxygen atoms in total. The maximum absolute atomic E-state index is 12.1. The Labute approximate surface area is 120 Å². The van der Waals surface area contributed by atoms with Gasteiger partial charge in [-0.2, -0.15) is 0 Å². The summed E-state index contributed by atoms with van der Waals surface area (Å²) in [6.07, 6.45) is 6.43. The summed E-state index contributed by atoms with van der Waals surface area (Å²) >= 11 is 0. The highest BCUT2D eigenvalue weighted by Gasteiger charge is 2.21. The van der Waals surface area contributed by atoms with Gasteiger partial charge in [-0.15, -0.1) is 0 Å². The molecule has 0 unspecified atom stereocenters. The highest BCUT2D eigenvalue weighted by Crippen LogP contribution is 2.22. The molecule has 7 heteroatoms. The Bertz CT molecular complexity index is 541. The SMILES string of the molecule is CN(CCNS(=O)(=O)c1cccnc1N)C1CCCC1. The van der Waals surface area contributed by atoms with Gasteiger partial charge in [0.15, 0.2) is 0 Å². The molecular formula is C13H22N4O2S. The lowest BCUT2D eigenvalue weighted by atomic mass is 10.2. The van der Waals surface area contributed by atoms with Crippen molar-refractivity contribution in [1.29, 1.82) is 0 Å². The Morgan fingerprint density at radius 1 is 1.45 bits per heavy atom. The quantitative estimate of drug-likeness (QED) is 0.811. The van der Waals surface area contributed by atoms with E-state index in [0.29, 0.717) is 19.1 Å². The average Bonchev–Trinajstić information content (AvgIpc) is 2.92. The lowest BCUT2D eigenvalue weighted by Gasteiger charge is -2.23. The number of hydrogen-bond acceptors (Lipinski definition) is 5. The monoisotopic (exact) mass is 298 g/mol. The van der Waals surface area contributed by atoms with Gasteiger partial charge in [0, 0.05) is 25.3 Å². The van der Waals surface area contributed by atoms with Crippen LogP contribution < -0.4 is 10.5 Å². The number of pyridine rings is 1. The number of nitrogens with one attached hydrogen (secondary N) is 1. The molecule has 0 aliphatic heterocycles. The predicted octanol–water partition coefficient (Wildman–Crippen LogP) is 0.816. The minimum Gasteiger partial charge on any atom is -0.383 e. The number of anilines is 1. The fourth-order valence-electron chi connectivity index (χ4n) is 2.59. The summed E-state index contributed by atoms with van der Waals surface area (Å²) in [4.78, 5) is 6.07. The number of sulfonamides is 1. The molecule has 0 saturated heterocycles. The molecule has 20 heavy (non-hydrogen) atoms. The normalized spacial score (nSPS) is 16.9. The predicted molar refractivity (Wildman–Crippen MR) is 78.7 cm³/mol. The van der Waals surface area contributed by atoms with Crippen LogP contribution >= 0.6 is 0 Å². The second-order valence-corrected chi connectivity index (χ2v) is 6.94. The molecule has 3 N–H and O–H groups in total. The third-order valence-electron chi connectivity index (χ3n) is 3.79. The first-order valence-corrected chi connectivity index (χ1v) is 8.39. The van der Waals surface area contributed by atoms with Crippen molar-refractivity contribution in [3.8, 4) is 0 Å². The van der Waals surface area contributed by atoms with Gasteiger partial charge in [0.1, 0.15) is 10.7 Å². The van der Waals surface area contributed by atoms with Crippen LogP contribution in [-0.2, 0) is 10.0 Å². The third-order valence-corrected chi connectivity index (χ3v) is 5.30. The van der Waals surface area contributed by atoms with Crippen LogP contribution in [0.1, 0.15) is 25.7 Å². The lowest BCUT2D eigenvalue weighted by Crippen LogP contribution is -2.37. The molecule has 1 aliphatic rings. The molecule has 1 saturated carbocycles. The first-order valence-electron chi connectivity index (χ1n) is 6.91. The maximum Gasteiger partial charge on any atom is 0.244 e. The summed E-state index contributed by atoms with van der Waals surface area (Å²) in [5.74, 6) is 0.0316. The van der Waals surface area contributed by atoms with Gasteiger partial charge in [0.25, 0.3) is 0 Å². The topological polar surface area (TPSA) is 88.3 Å². The van der Waals surface area contributed by atoms with Gasteiger partial charge < -0.3 is 10.6 Å². The Balaban J connectivity index is 1.88. The Hall–Kier alpha value is -1.18. The van der Waals surface area contributed by atoms with Gasteiger partial charge in [-0.25, -0.2) is 18.1 Å². The minimum absolute atomic E-state index is 0.0316. The van der Waals surface area contributed by atoms with Crippen molar-refractivity contribution in [2.45, 2.75) is 36.6 Å². The van der Waals surface area contributed by atoms with Gasteiger partial charge >= 0.3 is 0 Å². The first-order chi connectivity index (χ1) is 9.50. The van der Waals surface area contributed by atoms with E-state index in [1.165, 1.54) is 37.9 Å². The van der Waals surface area contributed by atoms with E-state index < -0.39 is 10.0 Å². The molecule has 0 atom stereocenters. The number of rotatable bonds is 6. The molecule has 0 aromatic carbocycles. The lowest BCUT2D eigenvalue weighted by molar-refractivity contribution is 0.250. The van der Waals surface area contributed by atoms with E-state index >= 15 is 0 Å². The first kappa shape index (κ1) is 15.2. The number of nitrogens with two attached hydrogens (primary N) is 1. The molecule has 1 aliphatic carbocycles. The fourth-order valence-corrected chi connectivity index (χ4v) is 3.69. The van der Waals surface area contributed by atoms with Crippen LogP contribution in [0.4, 0.5) is 5.82 Å². The molecule has 1 fully saturated rings. The maximum atomic E-state index is 12.1. The van der Waals surface area contributed by atoms with Crippen molar-refractivity contribution in [1.82, 2.24) is 14.6 Å². The highest BCUT2D eigenvalue weighted by atomic mass is 32.2.